The number of nitrogens with one attached hydrogen (secondary N) is 1. The lowest BCUT2D eigenvalue weighted by Gasteiger charge is -2.13. The summed E-state index contributed by atoms with van der Waals surface area (Å²) >= 11 is 4.92. The van der Waals surface area contributed by atoms with E-state index in [2.05, 4.69) is 21.2 Å². The number of amides is 1. The van der Waals surface area contributed by atoms with Crippen LogP contribution >= 0.6 is 27.7 Å². The summed E-state index contributed by atoms with van der Waals surface area (Å²) in [5.41, 5.74) is 0.696. The van der Waals surface area contributed by atoms with E-state index < -0.39 is 0 Å². The minimum absolute atomic E-state index is 0.0633. The molecule has 0 saturated heterocycles. The summed E-state index contributed by atoms with van der Waals surface area (Å²) in [6, 6.07) is 13.3. The van der Waals surface area contributed by atoms with Gasteiger partial charge in [0, 0.05) is 21.1 Å². The van der Waals surface area contributed by atoms with Crippen molar-refractivity contribution < 1.29 is 14.3 Å². The van der Waals surface area contributed by atoms with Crippen LogP contribution in [0.15, 0.2) is 51.8 Å². The zero-order valence-corrected chi connectivity index (χ0v) is 16.1. The average Bonchev–Trinajstić information content (AvgIpc) is 2.56. The first kappa shape index (κ1) is 18.7. The van der Waals surface area contributed by atoms with Crippen LogP contribution in [0.3, 0.4) is 0 Å². The molecular formula is C18H20BrNO3S. The third-order valence-electron chi connectivity index (χ3n) is 2.99. The minimum atomic E-state index is -0.0633. The van der Waals surface area contributed by atoms with Gasteiger partial charge in [-0.3, -0.25) is 4.79 Å². The normalized spacial score (nSPS) is 10.3. The predicted octanol–water partition coefficient (Wildman–Crippen LogP) is 4.98. The van der Waals surface area contributed by atoms with Crippen molar-refractivity contribution in [3.05, 3.63) is 46.9 Å². The topological polar surface area (TPSA) is 47.6 Å². The third kappa shape index (κ3) is 5.76. The van der Waals surface area contributed by atoms with Gasteiger partial charge < -0.3 is 14.8 Å². The van der Waals surface area contributed by atoms with Gasteiger partial charge in [0.05, 0.1) is 19.0 Å². The van der Waals surface area contributed by atoms with Crippen LogP contribution in [0.4, 0.5) is 5.69 Å². The van der Waals surface area contributed by atoms with Crippen molar-refractivity contribution in [2.24, 2.45) is 0 Å². The minimum Gasteiger partial charge on any atom is -0.490 e. The van der Waals surface area contributed by atoms with Crippen LogP contribution < -0.4 is 14.8 Å². The fourth-order valence-electron chi connectivity index (χ4n) is 2.03. The van der Waals surface area contributed by atoms with Crippen molar-refractivity contribution >= 4 is 39.3 Å². The summed E-state index contributed by atoms with van der Waals surface area (Å²) in [7, 11) is 0. The van der Waals surface area contributed by atoms with Gasteiger partial charge in [-0.25, -0.2) is 0 Å². The summed E-state index contributed by atoms with van der Waals surface area (Å²) in [6.45, 7) is 4.94. The molecule has 0 aliphatic carbocycles. The molecule has 128 valence electrons. The maximum Gasteiger partial charge on any atom is 0.234 e. The van der Waals surface area contributed by atoms with Crippen molar-refractivity contribution in [3.8, 4) is 11.5 Å². The van der Waals surface area contributed by atoms with E-state index >= 15 is 0 Å². The Hall–Kier alpha value is -1.66. The van der Waals surface area contributed by atoms with E-state index in [1.807, 2.05) is 50.2 Å². The lowest BCUT2D eigenvalue weighted by atomic mass is 10.2. The molecule has 0 atom stereocenters. The molecular weight excluding hydrogens is 390 g/mol. The van der Waals surface area contributed by atoms with Gasteiger partial charge in [-0.15, -0.1) is 11.8 Å². The van der Waals surface area contributed by atoms with Crippen LogP contribution in [-0.4, -0.2) is 24.9 Å². The maximum atomic E-state index is 12.1. The molecule has 0 bridgehead atoms. The van der Waals surface area contributed by atoms with Gasteiger partial charge in [0.25, 0.3) is 0 Å². The quantitative estimate of drug-likeness (QED) is 0.624. The molecule has 6 heteroatoms. The average molecular weight is 410 g/mol. The first-order valence-corrected chi connectivity index (χ1v) is 9.48. The molecule has 0 heterocycles. The van der Waals surface area contributed by atoms with Gasteiger partial charge in [0.1, 0.15) is 0 Å². The second kappa shape index (κ2) is 9.59. The molecule has 2 aromatic rings. The number of carbonyl (C=O) groups excluding carboxylic acids is 1. The first-order chi connectivity index (χ1) is 11.6. The molecule has 0 aromatic heterocycles. The Morgan fingerprint density at radius 2 is 1.83 bits per heavy atom. The van der Waals surface area contributed by atoms with Gasteiger partial charge in [-0.1, -0.05) is 22.0 Å². The highest BCUT2D eigenvalue weighted by atomic mass is 79.9. The zero-order chi connectivity index (χ0) is 17.4. The Bertz CT molecular complexity index is 694. The van der Waals surface area contributed by atoms with Crippen LogP contribution in [0.25, 0.3) is 0 Å². The smallest absolute Gasteiger partial charge is 0.234 e. The Labute approximate surface area is 155 Å². The highest BCUT2D eigenvalue weighted by Gasteiger charge is 2.09. The van der Waals surface area contributed by atoms with Crippen molar-refractivity contribution in [1.82, 2.24) is 0 Å². The molecule has 0 radical (unpaired) electrons. The molecule has 0 unspecified atom stereocenters. The van der Waals surface area contributed by atoms with E-state index in [0.29, 0.717) is 36.2 Å². The number of carbonyl (C=O) groups is 1. The number of halogens is 1. The van der Waals surface area contributed by atoms with Crippen molar-refractivity contribution in [2.45, 2.75) is 18.7 Å². The highest BCUT2D eigenvalue weighted by Crippen LogP contribution is 2.31. The van der Waals surface area contributed by atoms with E-state index in [-0.39, 0.29) is 5.91 Å². The van der Waals surface area contributed by atoms with Crippen LogP contribution in [0.5, 0.6) is 11.5 Å². The molecule has 0 aliphatic heterocycles. The number of benzene rings is 2. The third-order valence-corrected chi connectivity index (χ3v) is 4.48. The predicted molar refractivity (Wildman–Crippen MR) is 102 cm³/mol. The van der Waals surface area contributed by atoms with E-state index in [1.54, 1.807) is 6.07 Å². The van der Waals surface area contributed by atoms with E-state index in [4.69, 9.17) is 9.47 Å². The van der Waals surface area contributed by atoms with Crippen LogP contribution in [0.2, 0.25) is 0 Å². The standard InChI is InChI=1S/C18H20BrNO3S/c1-3-22-16-9-8-14(11-17(16)23-4-2)20-18(21)12-24-15-7-5-6-13(19)10-15/h5-11H,3-4,12H2,1-2H3,(H,20,21). The largest absolute Gasteiger partial charge is 0.490 e. The molecule has 1 amide bonds. The van der Waals surface area contributed by atoms with Gasteiger partial charge in [-0.2, -0.15) is 0 Å². The fraction of sp³-hybridized carbons (Fsp3) is 0.278. The second-order valence-electron chi connectivity index (χ2n) is 4.82. The fourth-order valence-corrected chi connectivity index (χ4v) is 3.34. The first-order valence-electron chi connectivity index (χ1n) is 7.70. The SMILES string of the molecule is CCOc1ccc(NC(=O)CSc2cccc(Br)c2)cc1OCC. The summed E-state index contributed by atoms with van der Waals surface area (Å²) in [4.78, 5) is 13.2. The molecule has 0 fully saturated rings. The number of hydrogen-bond acceptors (Lipinski definition) is 4. The Morgan fingerprint density at radius 3 is 2.54 bits per heavy atom. The molecule has 0 spiro atoms. The van der Waals surface area contributed by atoms with Gasteiger partial charge >= 0.3 is 0 Å². The van der Waals surface area contributed by atoms with Gasteiger partial charge in [-0.05, 0) is 44.2 Å². The molecule has 2 rings (SSSR count). The maximum absolute atomic E-state index is 12.1. The van der Waals surface area contributed by atoms with Crippen molar-refractivity contribution in [1.29, 1.82) is 0 Å². The summed E-state index contributed by atoms with van der Waals surface area (Å²) in [6.07, 6.45) is 0. The zero-order valence-electron chi connectivity index (χ0n) is 13.7. The monoisotopic (exact) mass is 409 g/mol. The number of ether oxygens (including phenoxy) is 2. The van der Waals surface area contributed by atoms with Crippen LogP contribution in [0, 0.1) is 0 Å². The molecule has 24 heavy (non-hydrogen) atoms. The van der Waals surface area contributed by atoms with Gasteiger partial charge in [0.15, 0.2) is 11.5 Å². The lowest BCUT2D eigenvalue weighted by molar-refractivity contribution is -0.113. The van der Waals surface area contributed by atoms with Crippen molar-refractivity contribution in [2.75, 3.05) is 24.3 Å². The Morgan fingerprint density at radius 1 is 1.08 bits per heavy atom. The molecule has 2 aromatic carbocycles. The number of rotatable bonds is 8. The Kier molecular flexibility index (Phi) is 7.46. The second-order valence-corrected chi connectivity index (χ2v) is 6.79. The number of anilines is 1. The lowest BCUT2D eigenvalue weighted by Crippen LogP contribution is -2.14. The van der Waals surface area contributed by atoms with E-state index in [0.717, 1.165) is 9.37 Å². The highest BCUT2D eigenvalue weighted by molar-refractivity contribution is 9.10. The molecule has 4 nitrogen and oxygen atoms in total. The van der Waals surface area contributed by atoms with E-state index in [1.165, 1.54) is 11.8 Å². The van der Waals surface area contributed by atoms with E-state index in [9.17, 15) is 4.79 Å². The van der Waals surface area contributed by atoms with Crippen LogP contribution in [0.1, 0.15) is 13.8 Å². The Balaban J connectivity index is 1.96. The summed E-state index contributed by atoms with van der Waals surface area (Å²) < 4.78 is 12.1. The number of thioether (sulfide) groups is 1. The summed E-state index contributed by atoms with van der Waals surface area (Å²) in [5, 5.41) is 2.89. The molecule has 1 N–H and O–H groups in total. The molecule has 0 saturated carbocycles. The molecule has 0 aliphatic rings. The summed E-state index contributed by atoms with van der Waals surface area (Å²) in [5.74, 6) is 1.59. The van der Waals surface area contributed by atoms with Crippen LogP contribution in [-0.2, 0) is 4.79 Å². The number of hydrogen-bond donors (Lipinski definition) is 1. The van der Waals surface area contributed by atoms with Gasteiger partial charge in [0.2, 0.25) is 5.91 Å². The van der Waals surface area contributed by atoms with Crippen molar-refractivity contribution in [3.63, 3.8) is 0 Å².